The number of hydrogen-bond acceptors (Lipinski definition) is 4. The lowest BCUT2D eigenvalue weighted by Crippen LogP contribution is -2.45. The van der Waals surface area contributed by atoms with Crippen molar-refractivity contribution in [1.29, 1.82) is 0 Å². The zero-order chi connectivity index (χ0) is 17.9. The van der Waals surface area contributed by atoms with E-state index in [1.807, 2.05) is 0 Å². The van der Waals surface area contributed by atoms with E-state index >= 15 is 0 Å². The molecule has 0 radical (unpaired) electrons. The summed E-state index contributed by atoms with van der Waals surface area (Å²) in [6.45, 7) is 1.00. The summed E-state index contributed by atoms with van der Waals surface area (Å²) in [5.74, 6) is 0.407. The molecule has 138 valence electrons. The van der Waals surface area contributed by atoms with Crippen molar-refractivity contribution in [1.82, 2.24) is 4.72 Å². The summed E-state index contributed by atoms with van der Waals surface area (Å²) in [5, 5.41) is 0. The molecule has 1 amide bonds. The maximum Gasteiger partial charge on any atom is 0.240 e. The van der Waals surface area contributed by atoms with Gasteiger partial charge in [0.25, 0.3) is 0 Å². The molecular formula is C18H27N3O3S. The molecule has 3 N–H and O–H groups in total. The fourth-order valence-electron chi connectivity index (χ4n) is 3.87. The summed E-state index contributed by atoms with van der Waals surface area (Å²) in [6.07, 6.45) is 6.96. The fourth-order valence-corrected chi connectivity index (χ4v) is 5.18. The minimum absolute atomic E-state index is 0.0919. The van der Waals surface area contributed by atoms with E-state index in [4.69, 9.17) is 5.73 Å². The predicted octanol–water partition coefficient (Wildman–Crippen LogP) is 2.00. The predicted molar refractivity (Wildman–Crippen MR) is 97.8 cm³/mol. The van der Waals surface area contributed by atoms with Gasteiger partial charge in [-0.1, -0.05) is 19.3 Å². The molecular weight excluding hydrogens is 338 g/mol. The van der Waals surface area contributed by atoms with Crippen molar-refractivity contribution in [3.8, 4) is 0 Å². The van der Waals surface area contributed by atoms with Crippen LogP contribution in [0, 0.1) is 5.92 Å². The number of sulfonamides is 1. The molecule has 1 aliphatic carbocycles. The highest BCUT2D eigenvalue weighted by atomic mass is 32.2. The van der Waals surface area contributed by atoms with Crippen LogP contribution in [0.1, 0.15) is 44.9 Å². The molecule has 25 heavy (non-hydrogen) atoms. The van der Waals surface area contributed by atoms with E-state index in [2.05, 4.69) is 4.72 Å². The maximum atomic E-state index is 12.7. The van der Waals surface area contributed by atoms with Crippen LogP contribution in [0.3, 0.4) is 0 Å². The molecule has 6 nitrogen and oxygen atoms in total. The standard InChI is InChI=1S/C18H27N3O3S/c19-13-17(14-5-2-1-3-6-14)20-25(23,24)16-10-8-15(9-11-16)21-12-4-7-18(21)22/h8-11,14,17,20H,1-7,12-13,19H2. The number of amides is 1. The van der Waals surface area contributed by atoms with E-state index in [0.717, 1.165) is 37.8 Å². The largest absolute Gasteiger partial charge is 0.329 e. The number of hydrogen-bond donors (Lipinski definition) is 2. The van der Waals surface area contributed by atoms with Crippen LogP contribution in [0.2, 0.25) is 0 Å². The third kappa shape index (κ3) is 4.22. The Morgan fingerprint density at radius 1 is 1.12 bits per heavy atom. The van der Waals surface area contributed by atoms with E-state index < -0.39 is 10.0 Å². The first-order chi connectivity index (χ1) is 12.0. The molecule has 1 saturated heterocycles. The monoisotopic (exact) mass is 365 g/mol. The molecule has 7 heteroatoms. The highest BCUT2D eigenvalue weighted by molar-refractivity contribution is 7.89. The first-order valence-corrected chi connectivity index (χ1v) is 10.6. The van der Waals surface area contributed by atoms with Gasteiger partial charge in [0.2, 0.25) is 15.9 Å². The Morgan fingerprint density at radius 2 is 1.80 bits per heavy atom. The summed E-state index contributed by atoms with van der Waals surface area (Å²) in [7, 11) is -3.61. The van der Waals surface area contributed by atoms with Crippen LogP contribution >= 0.6 is 0 Å². The fraction of sp³-hybridized carbons (Fsp3) is 0.611. The second-order valence-electron chi connectivity index (χ2n) is 7.00. The number of carbonyl (C=O) groups excluding carboxylic acids is 1. The average Bonchev–Trinajstić information content (AvgIpc) is 3.06. The van der Waals surface area contributed by atoms with Gasteiger partial charge in [-0.05, 0) is 49.4 Å². The topological polar surface area (TPSA) is 92.5 Å². The second kappa shape index (κ2) is 7.85. The van der Waals surface area contributed by atoms with Gasteiger partial charge in [0.15, 0.2) is 0 Å². The van der Waals surface area contributed by atoms with Gasteiger partial charge in [-0.15, -0.1) is 0 Å². The van der Waals surface area contributed by atoms with Crippen molar-refractivity contribution < 1.29 is 13.2 Å². The van der Waals surface area contributed by atoms with Gasteiger partial charge in [-0.3, -0.25) is 4.79 Å². The zero-order valence-corrected chi connectivity index (χ0v) is 15.3. The molecule has 2 fully saturated rings. The molecule has 0 bridgehead atoms. The average molecular weight is 365 g/mol. The zero-order valence-electron chi connectivity index (χ0n) is 14.5. The summed E-state index contributed by atoms with van der Waals surface area (Å²) < 4.78 is 28.2. The highest BCUT2D eigenvalue weighted by Crippen LogP contribution is 2.27. The number of carbonyl (C=O) groups is 1. The molecule has 2 aliphatic rings. The number of benzene rings is 1. The SMILES string of the molecule is NCC(NS(=O)(=O)c1ccc(N2CCCC2=O)cc1)C1CCCCC1. The van der Waals surface area contributed by atoms with Gasteiger partial charge in [0, 0.05) is 31.2 Å². The van der Waals surface area contributed by atoms with Crippen LogP contribution in [-0.2, 0) is 14.8 Å². The molecule has 1 aliphatic heterocycles. The van der Waals surface area contributed by atoms with Gasteiger partial charge in [0.05, 0.1) is 4.90 Å². The second-order valence-corrected chi connectivity index (χ2v) is 8.72. The van der Waals surface area contributed by atoms with Crippen LogP contribution in [0.4, 0.5) is 5.69 Å². The lowest BCUT2D eigenvalue weighted by molar-refractivity contribution is -0.117. The van der Waals surface area contributed by atoms with Gasteiger partial charge in [-0.25, -0.2) is 13.1 Å². The molecule has 1 saturated carbocycles. The van der Waals surface area contributed by atoms with Gasteiger partial charge >= 0.3 is 0 Å². The molecule has 1 aromatic carbocycles. The summed E-state index contributed by atoms with van der Waals surface area (Å²) in [6, 6.07) is 6.33. The number of rotatable bonds is 6. The minimum atomic E-state index is -3.61. The van der Waals surface area contributed by atoms with Crippen LogP contribution in [0.15, 0.2) is 29.2 Å². The Bertz CT molecular complexity index is 697. The smallest absolute Gasteiger partial charge is 0.240 e. The molecule has 3 rings (SSSR count). The summed E-state index contributed by atoms with van der Waals surface area (Å²) >= 11 is 0. The lowest BCUT2D eigenvalue weighted by Gasteiger charge is -2.29. The first kappa shape index (κ1) is 18.4. The third-order valence-corrected chi connectivity index (χ3v) is 6.82. The summed E-state index contributed by atoms with van der Waals surface area (Å²) in [4.78, 5) is 13.7. The first-order valence-electron chi connectivity index (χ1n) is 9.14. The Kier molecular flexibility index (Phi) is 5.76. The molecule has 1 aromatic rings. The molecule has 0 spiro atoms. The van der Waals surface area contributed by atoms with Crippen molar-refractivity contribution in [3.63, 3.8) is 0 Å². The molecule has 1 atom stereocenters. The highest BCUT2D eigenvalue weighted by Gasteiger charge is 2.28. The van der Waals surface area contributed by atoms with Gasteiger partial charge < -0.3 is 10.6 Å². The molecule has 0 aromatic heterocycles. The van der Waals surface area contributed by atoms with E-state index in [-0.39, 0.29) is 16.8 Å². The van der Waals surface area contributed by atoms with Gasteiger partial charge in [0.1, 0.15) is 0 Å². The van der Waals surface area contributed by atoms with Crippen molar-refractivity contribution in [3.05, 3.63) is 24.3 Å². The maximum absolute atomic E-state index is 12.7. The summed E-state index contributed by atoms with van der Waals surface area (Å²) in [5.41, 5.74) is 6.59. The van der Waals surface area contributed by atoms with Crippen LogP contribution in [-0.4, -0.2) is 33.5 Å². The van der Waals surface area contributed by atoms with Crippen molar-refractivity contribution in [2.75, 3.05) is 18.0 Å². The van der Waals surface area contributed by atoms with E-state index in [0.29, 0.717) is 25.4 Å². The molecule has 1 heterocycles. The molecule has 1 unspecified atom stereocenters. The Morgan fingerprint density at radius 3 is 2.36 bits per heavy atom. The third-order valence-electron chi connectivity index (χ3n) is 5.31. The quantitative estimate of drug-likeness (QED) is 0.806. The van der Waals surface area contributed by atoms with E-state index in [9.17, 15) is 13.2 Å². The Balaban J connectivity index is 1.71. The van der Waals surface area contributed by atoms with Crippen LogP contribution in [0.5, 0.6) is 0 Å². The van der Waals surface area contributed by atoms with Crippen molar-refractivity contribution in [2.24, 2.45) is 11.7 Å². The van der Waals surface area contributed by atoms with Crippen molar-refractivity contribution >= 4 is 21.6 Å². The number of nitrogens with two attached hydrogens (primary N) is 1. The normalized spacial score (nSPS) is 20.8. The van der Waals surface area contributed by atoms with Crippen LogP contribution in [0.25, 0.3) is 0 Å². The Hall–Kier alpha value is -1.44. The van der Waals surface area contributed by atoms with E-state index in [1.54, 1.807) is 29.2 Å². The number of nitrogens with one attached hydrogen (secondary N) is 1. The van der Waals surface area contributed by atoms with Crippen LogP contribution < -0.4 is 15.4 Å². The number of nitrogens with zero attached hydrogens (tertiary/aromatic N) is 1. The van der Waals surface area contributed by atoms with E-state index in [1.165, 1.54) is 6.42 Å². The number of anilines is 1. The lowest BCUT2D eigenvalue weighted by atomic mass is 9.84. The Labute approximate surface area is 149 Å². The van der Waals surface area contributed by atoms with Crippen molar-refractivity contribution in [2.45, 2.75) is 55.9 Å². The van der Waals surface area contributed by atoms with Gasteiger partial charge in [-0.2, -0.15) is 0 Å². The minimum Gasteiger partial charge on any atom is -0.329 e.